The van der Waals surface area contributed by atoms with Gasteiger partial charge >= 0.3 is 18.3 Å². The van der Waals surface area contributed by atoms with Crippen LogP contribution < -0.4 is 5.73 Å². The Morgan fingerprint density at radius 3 is 2.13 bits per heavy atom. The van der Waals surface area contributed by atoms with E-state index in [-0.39, 0.29) is 24.5 Å². The Kier molecular flexibility index (Phi) is 5.55. The average Bonchev–Trinajstić information content (AvgIpc) is 3.04. The van der Waals surface area contributed by atoms with Crippen LogP contribution in [-0.2, 0) is 30.0 Å². The predicted molar refractivity (Wildman–Crippen MR) is 96.9 cm³/mol. The fourth-order valence-corrected chi connectivity index (χ4v) is 3.26. The molecule has 0 fully saturated rings. The number of carbonyl (C=O) groups is 1. The van der Waals surface area contributed by atoms with Crippen LogP contribution in [-0.4, -0.2) is 22.1 Å². The minimum absolute atomic E-state index is 0.0145. The van der Waals surface area contributed by atoms with Crippen LogP contribution in [0.2, 0.25) is 0 Å². The van der Waals surface area contributed by atoms with Crippen molar-refractivity contribution in [3.8, 4) is 0 Å². The Morgan fingerprint density at radius 2 is 1.60 bits per heavy atom. The molecule has 10 heteroatoms. The second-order valence-corrected chi connectivity index (χ2v) is 6.89. The van der Waals surface area contributed by atoms with Crippen LogP contribution >= 0.6 is 0 Å². The number of aromatic nitrogens is 1. The van der Waals surface area contributed by atoms with Crippen LogP contribution in [0.4, 0.5) is 26.3 Å². The van der Waals surface area contributed by atoms with Crippen molar-refractivity contribution in [2.24, 2.45) is 5.73 Å². The van der Waals surface area contributed by atoms with Gasteiger partial charge in [0.1, 0.15) is 6.04 Å². The Bertz CT molecular complexity index is 1050. The van der Waals surface area contributed by atoms with E-state index >= 15 is 0 Å². The number of nitrogens with one attached hydrogen (secondary N) is 1. The number of fused-ring (bicyclic) bond motifs is 1. The quantitative estimate of drug-likeness (QED) is 0.511. The Morgan fingerprint density at radius 1 is 1.00 bits per heavy atom. The second-order valence-electron chi connectivity index (χ2n) is 6.89. The lowest BCUT2D eigenvalue weighted by atomic mass is 9.97. The van der Waals surface area contributed by atoms with Crippen molar-refractivity contribution in [1.82, 2.24) is 4.98 Å². The highest BCUT2D eigenvalue weighted by Crippen LogP contribution is 2.37. The molecule has 1 heterocycles. The number of para-hydroxylation sites is 1. The van der Waals surface area contributed by atoms with E-state index in [0.29, 0.717) is 34.2 Å². The molecule has 1 unspecified atom stereocenters. The van der Waals surface area contributed by atoms with Gasteiger partial charge in [0, 0.05) is 23.5 Å². The largest absolute Gasteiger partial charge is 0.480 e. The smallest absolute Gasteiger partial charge is 0.416 e. The molecule has 1 atom stereocenters. The number of carboxylic acids is 1. The first kappa shape index (κ1) is 21.7. The maximum absolute atomic E-state index is 13.1. The molecule has 4 nitrogen and oxygen atoms in total. The summed E-state index contributed by atoms with van der Waals surface area (Å²) in [6.07, 6.45) is -8.48. The summed E-state index contributed by atoms with van der Waals surface area (Å²) >= 11 is 0. The zero-order valence-electron chi connectivity index (χ0n) is 15.2. The second kappa shape index (κ2) is 7.67. The number of aromatic amines is 1. The first-order chi connectivity index (χ1) is 13.9. The van der Waals surface area contributed by atoms with E-state index in [9.17, 15) is 31.1 Å². The lowest BCUT2D eigenvalue weighted by Gasteiger charge is -2.14. The molecular weight excluding hydrogens is 414 g/mol. The molecule has 0 bridgehead atoms. The minimum Gasteiger partial charge on any atom is -0.480 e. The third kappa shape index (κ3) is 4.59. The number of aliphatic carboxylic acids is 1. The van der Waals surface area contributed by atoms with Gasteiger partial charge in [-0.2, -0.15) is 26.3 Å². The average molecular weight is 430 g/mol. The number of hydrogen-bond acceptors (Lipinski definition) is 2. The summed E-state index contributed by atoms with van der Waals surface area (Å²) in [5, 5.41) is 9.57. The summed E-state index contributed by atoms with van der Waals surface area (Å²) in [4.78, 5) is 13.9. The highest BCUT2D eigenvalue weighted by atomic mass is 19.4. The maximum Gasteiger partial charge on any atom is 0.416 e. The predicted octanol–water partition coefficient (Wildman–Crippen LogP) is 4.75. The molecule has 0 saturated heterocycles. The molecule has 0 aliphatic rings. The molecule has 4 N–H and O–H groups in total. The van der Waals surface area contributed by atoms with Crippen LogP contribution in [0.15, 0.2) is 42.6 Å². The van der Waals surface area contributed by atoms with Gasteiger partial charge in [-0.15, -0.1) is 0 Å². The van der Waals surface area contributed by atoms with Crippen LogP contribution in [0, 0.1) is 0 Å². The maximum atomic E-state index is 13.1. The molecule has 0 spiro atoms. The van der Waals surface area contributed by atoms with Gasteiger partial charge in [-0.05, 0) is 41.3 Å². The summed E-state index contributed by atoms with van der Waals surface area (Å²) in [6.45, 7) is 0. The molecule has 0 saturated carbocycles. The van der Waals surface area contributed by atoms with Gasteiger partial charge in [-0.3, -0.25) is 4.79 Å². The van der Waals surface area contributed by atoms with Gasteiger partial charge in [0.05, 0.1) is 11.1 Å². The summed E-state index contributed by atoms with van der Waals surface area (Å²) < 4.78 is 78.5. The standard InChI is InChI=1S/C20H16F6N2O2/c21-19(22,23)13-5-10(6-14(8-13)20(24,25)26)4-11-2-1-3-15-12(9-28-17(11)15)7-16(27)18(29)30/h1-3,5-6,8-9,16,28H,4,7,27H2,(H,29,30). The highest BCUT2D eigenvalue weighted by molar-refractivity contribution is 5.87. The summed E-state index contributed by atoms with van der Waals surface area (Å²) in [5.41, 5.74) is 4.20. The van der Waals surface area contributed by atoms with Gasteiger partial charge in [-0.25, -0.2) is 0 Å². The lowest BCUT2D eigenvalue weighted by molar-refractivity contribution is -0.143. The number of H-pyrrole nitrogens is 1. The fraction of sp³-hybridized carbons (Fsp3) is 0.250. The van der Waals surface area contributed by atoms with E-state index in [1.54, 1.807) is 18.2 Å². The van der Waals surface area contributed by atoms with Crippen molar-refractivity contribution in [3.05, 3.63) is 70.4 Å². The minimum atomic E-state index is -4.92. The third-order valence-electron chi connectivity index (χ3n) is 4.69. The summed E-state index contributed by atoms with van der Waals surface area (Å²) in [5.74, 6) is -1.19. The Balaban J connectivity index is 2.02. The van der Waals surface area contributed by atoms with Crippen LogP contribution in [0.3, 0.4) is 0 Å². The van der Waals surface area contributed by atoms with Crippen molar-refractivity contribution >= 4 is 16.9 Å². The molecule has 0 amide bonds. The first-order valence-electron chi connectivity index (χ1n) is 8.71. The first-order valence-corrected chi connectivity index (χ1v) is 8.71. The van der Waals surface area contributed by atoms with E-state index < -0.39 is 35.5 Å². The van der Waals surface area contributed by atoms with Gasteiger partial charge in [0.2, 0.25) is 0 Å². The van der Waals surface area contributed by atoms with Crippen LogP contribution in [0.1, 0.15) is 27.8 Å². The number of hydrogen-bond donors (Lipinski definition) is 3. The summed E-state index contributed by atoms with van der Waals surface area (Å²) in [7, 11) is 0. The highest BCUT2D eigenvalue weighted by Gasteiger charge is 2.36. The molecule has 3 rings (SSSR count). The number of carboxylic acid groups (broad SMARTS) is 1. The third-order valence-corrected chi connectivity index (χ3v) is 4.69. The van der Waals surface area contributed by atoms with E-state index in [4.69, 9.17) is 10.8 Å². The van der Waals surface area contributed by atoms with Gasteiger partial charge in [0.15, 0.2) is 0 Å². The Labute approximate surface area is 166 Å². The molecule has 30 heavy (non-hydrogen) atoms. The number of halogens is 6. The lowest BCUT2D eigenvalue weighted by Crippen LogP contribution is -2.32. The number of benzene rings is 2. The van der Waals surface area contributed by atoms with E-state index in [1.165, 1.54) is 6.20 Å². The van der Waals surface area contributed by atoms with Gasteiger partial charge < -0.3 is 15.8 Å². The van der Waals surface area contributed by atoms with Crippen molar-refractivity contribution in [2.75, 3.05) is 0 Å². The fourth-order valence-electron chi connectivity index (χ4n) is 3.26. The zero-order valence-corrected chi connectivity index (χ0v) is 15.2. The van der Waals surface area contributed by atoms with Crippen molar-refractivity contribution in [3.63, 3.8) is 0 Å². The normalized spacial score (nSPS) is 13.6. The monoisotopic (exact) mass is 430 g/mol. The number of alkyl halides is 6. The van der Waals surface area contributed by atoms with Crippen molar-refractivity contribution in [1.29, 1.82) is 0 Å². The molecule has 0 radical (unpaired) electrons. The van der Waals surface area contributed by atoms with E-state index in [2.05, 4.69) is 4.98 Å². The van der Waals surface area contributed by atoms with Crippen LogP contribution in [0.25, 0.3) is 10.9 Å². The molecule has 3 aromatic rings. The van der Waals surface area contributed by atoms with Crippen molar-refractivity contribution < 1.29 is 36.2 Å². The molecular formula is C20H16F6N2O2. The molecule has 0 aliphatic heterocycles. The molecule has 160 valence electrons. The van der Waals surface area contributed by atoms with E-state index in [1.807, 2.05) is 0 Å². The molecule has 1 aromatic heterocycles. The number of nitrogens with two attached hydrogens (primary N) is 1. The SMILES string of the molecule is NC(Cc1c[nH]c2c(Cc3cc(C(F)(F)F)cc(C(F)(F)F)c3)cccc12)C(=O)O. The van der Waals surface area contributed by atoms with E-state index in [0.717, 1.165) is 0 Å². The Hall–Kier alpha value is -3.01. The molecule has 0 aliphatic carbocycles. The summed E-state index contributed by atoms with van der Waals surface area (Å²) in [6, 6.07) is 5.17. The molecule has 2 aromatic carbocycles. The number of rotatable bonds is 5. The van der Waals surface area contributed by atoms with Gasteiger partial charge in [-0.1, -0.05) is 18.2 Å². The van der Waals surface area contributed by atoms with Crippen LogP contribution in [0.5, 0.6) is 0 Å². The topological polar surface area (TPSA) is 79.1 Å². The van der Waals surface area contributed by atoms with Crippen molar-refractivity contribution in [2.45, 2.75) is 31.2 Å². The zero-order chi connectivity index (χ0) is 22.3. The van der Waals surface area contributed by atoms with Gasteiger partial charge in [0.25, 0.3) is 0 Å².